The molecule has 2 N–H and O–H groups in total. The van der Waals surface area contributed by atoms with Crippen LogP contribution in [0.5, 0.6) is 0 Å². The molecule has 1 saturated carbocycles. The van der Waals surface area contributed by atoms with Gasteiger partial charge < -0.3 is 10.1 Å². The molecule has 0 bridgehead atoms. The van der Waals surface area contributed by atoms with Crippen molar-refractivity contribution in [3.63, 3.8) is 0 Å². The molecule has 0 heterocycles. The maximum Gasteiger partial charge on any atom is 0.408 e. The third-order valence-electron chi connectivity index (χ3n) is 3.07. The van der Waals surface area contributed by atoms with Crippen LogP contribution in [0.3, 0.4) is 0 Å². The zero-order valence-electron chi connectivity index (χ0n) is 12.3. The van der Waals surface area contributed by atoms with Gasteiger partial charge in [-0.25, -0.2) is 9.79 Å². The van der Waals surface area contributed by atoms with Gasteiger partial charge in [0.25, 0.3) is 0 Å². The van der Waals surface area contributed by atoms with E-state index in [4.69, 9.17) is 51.8 Å². The maximum absolute atomic E-state index is 11.5. The van der Waals surface area contributed by atoms with E-state index in [0.29, 0.717) is 0 Å². The molecule has 9 heteroatoms. The third kappa shape index (κ3) is 7.81. The summed E-state index contributed by atoms with van der Waals surface area (Å²) in [6, 6.07) is 0. The van der Waals surface area contributed by atoms with Crippen LogP contribution in [0.15, 0.2) is 4.99 Å². The van der Waals surface area contributed by atoms with Crippen molar-refractivity contribution in [1.29, 1.82) is 0 Å². The highest BCUT2D eigenvalue weighted by molar-refractivity contribution is 7.80. The number of aliphatic imine (C=N–C) groups is 1. The molecule has 22 heavy (non-hydrogen) atoms. The lowest BCUT2D eigenvalue weighted by atomic mass is 10.2. The molecule has 126 valence electrons. The molecule has 0 aliphatic heterocycles. The largest absolute Gasteiger partial charge is 0.450 e. The van der Waals surface area contributed by atoms with Gasteiger partial charge >= 0.3 is 6.09 Å². The Balaban J connectivity index is 2.65. The van der Waals surface area contributed by atoms with Gasteiger partial charge in [-0.1, -0.05) is 47.6 Å². The minimum atomic E-state index is -1.79. The Morgan fingerprint density at radius 3 is 2.36 bits per heavy atom. The van der Waals surface area contributed by atoms with Gasteiger partial charge in [0.2, 0.25) is 3.79 Å². The number of carbonyl (C=O) groups is 1. The van der Waals surface area contributed by atoms with Crippen molar-refractivity contribution < 1.29 is 9.53 Å². The highest BCUT2D eigenvalue weighted by Gasteiger charge is 2.35. The highest BCUT2D eigenvalue weighted by Crippen LogP contribution is 2.29. The molecular formula is C13H20Cl3N3O2S. The monoisotopic (exact) mass is 387 g/mol. The van der Waals surface area contributed by atoms with Crippen LogP contribution in [0, 0.1) is 0 Å². The van der Waals surface area contributed by atoms with Gasteiger partial charge in [-0.15, -0.1) is 0 Å². The van der Waals surface area contributed by atoms with E-state index in [1.165, 1.54) is 12.8 Å². The van der Waals surface area contributed by atoms with E-state index >= 15 is 0 Å². The summed E-state index contributed by atoms with van der Waals surface area (Å²) in [7, 11) is 0. The van der Waals surface area contributed by atoms with Crippen LogP contribution in [0.1, 0.15) is 45.4 Å². The van der Waals surface area contributed by atoms with E-state index < -0.39 is 16.1 Å². The zero-order chi connectivity index (χ0) is 16.6. The summed E-state index contributed by atoms with van der Waals surface area (Å²) >= 11 is 22.7. The Bertz CT molecular complexity index is 417. The SMILES string of the molecule is CCOC(=O)N[C@H](NC(=S)N=C1CCCCCC1)C(Cl)(Cl)Cl. The minimum absolute atomic E-state index is 0.185. The van der Waals surface area contributed by atoms with Crippen LogP contribution >= 0.6 is 47.0 Å². The first-order valence-corrected chi connectivity index (χ1v) is 8.74. The molecule has 0 radical (unpaired) electrons. The molecule has 0 saturated heterocycles. The summed E-state index contributed by atoms with van der Waals surface area (Å²) in [5.41, 5.74) is 1.04. The number of alkyl carbamates (subject to hydrolysis) is 1. The molecule has 1 atom stereocenters. The fourth-order valence-corrected chi connectivity index (χ4v) is 2.61. The Morgan fingerprint density at radius 1 is 1.27 bits per heavy atom. The van der Waals surface area contributed by atoms with Gasteiger partial charge in [0.05, 0.1) is 6.61 Å². The molecule has 1 rings (SSSR count). The molecular weight excluding hydrogens is 369 g/mol. The van der Waals surface area contributed by atoms with Gasteiger partial charge in [-0.2, -0.15) is 0 Å². The van der Waals surface area contributed by atoms with Gasteiger partial charge in [0.1, 0.15) is 0 Å². The highest BCUT2D eigenvalue weighted by atomic mass is 35.6. The number of halogens is 3. The zero-order valence-corrected chi connectivity index (χ0v) is 15.4. The molecule has 0 unspecified atom stereocenters. The number of ether oxygens (including phenoxy) is 1. The average molecular weight is 389 g/mol. The Morgan fingerprint density at radius 2 is 1.86 bits per heavy atom. The molecule has 5 nitrogen and oxygen atoms in total. The van der Waals surface area contributed by atoms with Crippen molar-refractivity contribution in [2.24, 2.45) is 4.99 Å². The number of thiocarbonyl (C=S) groups is 1. The van der Waals surface area contributed by atoms with Crippen molar-refractivity contribution in [1.82, 2.24) is 10.6 Å². The molecule has 1 fully saturated rings. The summed E-state index contributed by atoms with van der Waals surface area (Å²) in [5.74, 6) is 0. The standard InChI is InChI=1S/C13H20Cl3N3O2S/c1-2-21-12(20)19-10(13(14,15)16)18-11(22)17-9-7-5-3-4-6-8-9/h10H,2-8H2,1H3,(H,18,22)(H,19,20)/t10-/m0/s1. The summed E-state index contributed by atoms with van der Waals surface area (Å²) in [6.07, 6.45) is 4.75. The fourth-order valence-electron chi connectivity index (χ4n) is 2.04. The molecule has 0 aromatic heterocycles. The first-order valence-electron chi connectivity index (χ1n) is 7.20. The van der Waals surface area contributed by atoms with E-state index in [0.717, 1.165) is 31.4 Å². The van der Waals surface area contributed by atoms with E-state index in [2.05, 4.69) is 15.6 Å². The number of hydrogen-bond acceptors (Lipinski definition) is 3. The number of nitrogens with one attached hydrogen (secondary N) is 2. The second-order valence-electron chi connectivity index (χ2n) is 4.88. The number of hydrogen-bond donors (Lipinski definition) is 2. The number of amides is 1. The summed E-state index contributed by atoms with van der Waals surface area (Å²) in [5, 5.41) is 5.35. The number of carbonyl (C=O) groups excluding carboxylic acids is 1. The molecule has 0 spiro atoms. The molecule has 1 aliphatic rings. The second kappa shape index (κ2) is 9.75. The molecule has 0 aromatic rings. The third-order valence-corrected chi connectivity index (χ3v) is 3.94. The average Bonchev–Trinajstić information content (AvgIpc) is 2.65. The van der Waals surface area contributed by atoms with Crippen molar-refractivity contribution in [2.75, 3.05) is 6.61 Å². The Hall–Kier alpha value is -0.300. The fraction of sp³-hybridized carbons (Fsp3) is 0.769. The van der Waals surface area contributed by atoms with Crippen LogP contribution in [0.4, 0.5) is 4.79 Å². The van der Waals surface area contributed by atoms with Crippen LogP contribution < -0.4 is 10.6 Å². The van der Waals surface area contributed by atoms with Crippen LogP contribution in [-0.4, -0.2) is 33.5 Å². The van der Waals surface area contributed by atoms with E-state index in [1.54, 1.807) is 6.92 Å². The number of nitrogens with zero attached hydrogens (tertiary/aromatic N) is 1. The van der Waals surface area contributed by atoms with Crippen molar-refractivity contribution in [3.8, 4) is 0 Å². The van der Waals surface area contributed by atoms with Crippen molar-refractivity contribution >= 4 is 63.9 Å². The van der Waals surface area contributed by atoms with E-state index in [9.17, 15) is 4.79 Å². The Kier molecular flexibility index (Phi) is 8.75. The summed E-state index contributed by atoms with van der Waals surface area (Å²) in [6.45, 7) is 1.89. The molecule has 1 aliphatic carbocycles. The predicted octanol–water partition coefficient (Wildman–Crippen LogP) is 4.10. The van der Waals surface area contributed by atoms with Crippen molar-refractivity contribution in [3.05, 3.63) is 0 Å². The summed E-state index contributed by atoms with van der Waals surface area (Å²) in [4.78, 5) is 15.9. The van der Waals surface area contributed by atoms with Gasteiger partial charge in [0, 0.05) is 5.71 Å². The van der Waals surface area contributed by atoms with Crippen molar-refractivity contribution in [2.45, 2.75) is 55.4 Å². The first kappa shape index (κ1) is 19.7. The van der Waals surface area contributed by atoms with E-state index in [-0.39, 0.29) is 11.7 Å². The molecule has 1 amide bonds. The second-order valence-corrected chi connectivity index (χ2v) is 7.64. The van der Waals surface area contributed by atoms with Gasteiger partial charge in [-0.3, -0.25) is 5.32 Å². The summed E-state index contributed by atoms with van der Waals surface area (Å²) < 4.78 is 2.98. The van der Waals surface area contributed by atoms with Gasteiger partial charge in [-0.05, 0) is 44.8 Å². The Labute approximate surface area is 151 Å². The lowest BCUT2D eigenvalue weighted by Crippen LogP contribution is -2.54. The van der Waals surface area contributed by atoms with Gasteiger partial charge in [0.15, 0.2) is 11.3 Å². The van der Waals surface area contributed by atoms with Crippen LogP contribution in [-0.2, 0) is 4.74 Å². The lowest BCUT2D eigenvalue weighted by molar-refractivity contribution is 0.147. The minimum Gasteiger partial charge on any atom is -0.450 e. The smallest absolute Gasteiger partial charge is 0.408 e. The quantitative estimate of drug-likeness (QED) is 0.331. The van der Waals surface area contributed by atoms with Crippen LogP contribution in [0.2, 0.25) is 0 Å². The number of alkyl halides is 3. The lowest BCUT2D eigenvalue weighted by Gasteiger charge is -2.26. The first-order chi connectivity index (χ1) is 10.3. The molecule has 0 aromatic carbocycles. The topological polar surface area (TPSA) is 62.7 Å². The van der Waals surface area contributed by atoms with E-state index in [1.807, 2.05) is 0 Å². The normalized spacial score (nSPS) is 17.2. The number of rotatable bonds is 3. The predicted molar refractivity (Wildman–Crippen MR) is 95.1 cm³/mol. The maximum atomic E-state index is 11.5. The van der Waals surface area contributed by atoms with Crippen LogP contribution in [0.25, 0.3) is 0 Å².